The first-order valence-corrected chi connectivity index (χ1v) is 6.15. The lowest BCUT2D eigenvalue weighted by Crippen LogP contribution is -2.05. The third-order valence-corrected chi connectivity index (χ3v) is 2.84. The van der Waals surface area contributed by atoms with Crippen LogP contribution >= 0.6 is 11.6 Å². The summed E-state index contributed by atoms with van der Waals surface area (Å²) >= 11 is 5.88. The molecule has 0 unspecified atom stereocenters. The van der Waals surface area contributed by atoms with Crippen molar-refractivity contribution in [3.8, 4) is 5.88 Å². The Hall–Kier alpha value is -2.34. The van der Waals surface area contributed by atoms with Crippen molar-refractivity contribution in [2.24, 2.45) is 0 Å². The number of ether oxygens (including phenoxy) is 1. The zero-order valence-corrected chi connectivity index (χ0v) is 11.4. The van der Waals surface area contributed by atoms with E-state index in [0.29, 0.717) is 17.4 Å². The Morgan fingerprint density at radius 1 is 1.40 bits per heavy atom. The normalized spacial score (nSPS) is 10.1. The molecule has 1 aromatic heterocycles. The molecule has 2 aromatic rings. The van der Waals surface area contributed by atoms with Crippen molar-refractivity contribution in [1.82, 2.24) is 4.98 Å². The van der Waals surface area contributed by atoms with Gasteiger partial charge in [0.15, 0.2) is 0 Å². The Balaban J connectivity index is 2.21. The number of nitro groups is 1. The molecule has 0 aliphatic heterocycles. The third kappa shape index (κ3) is 3.36. The Morgan fingerprint density at radius 2 is 2.20 bits per heavy atom. The van der Waals surface area contributed by atoms with Crippen molar-refractivity contribution >= 4 is 23.1 Å². The zero-order chi connectivity index (χ0) is 14.5. The molecule has 20 heavy (non-hydrogen) atoms. The molecule has 0 bridgehead atoms. The van der Waals surface area contributed by atoms with Crippen LogP contribution in [0.1, 0.15) is 5.56 Å². The highest BCUT2D eigenvalue weighted by molar-refractivity contribution is 6.30. The molecule has 1 aromatic carbocycles. The van der Waals surface area contributed by atoms with Gasteiger partial charge in [-0.15, -0.1) is 0 Å². The van der Waals surface area contributed by atoms with Gasteiger partial charge in [-0.3, -0.25) is 10.1 Å². The lowest BCUT2D eigenvalue weighted by atomic mass is 10.2. The minimum atomic E-state index is -0.493. The molecule has 2 rings (SSSR count). The van der Waals surface area contributed by atoms with Crippen LogP contribution in [0, 0.1) is 10.1 Å². The van der Waals surface area contributed by atoms with Gasteiger partial charge in [-0.1, -0.05) is 23.7 Å². The fourth-order valence-electron chi connectivity index (χ4n) is 1.66. The molecule has 0 spiro atoms. The average molecular weight is 294 g/mol. The maximum atomic E-state index is 11.0. The van der Waals surface area contributed by atoms with Gasteiger partial charge < -0.3 is 10.1 Å². The molecule has 6 nitrogen and oxygen atoms in total. The van der Waals surface area contributed by atoms with E-state index in [4.69, 9.17) is 16.3 Å². The number of methoxy groups -OCH3 is 1. The highest BCUT2D eigenvalue weighted by atomic mass is 35.5. The fourth-order valence-corrected chi connectivity index (χ4v) is 1.87. The molecular formula is C13H12ClN3O3. The maximum Gasteiger partial charge on any atom is 0.311 e. The summed E-state index contributed by atoms with van der Waals surface area (Å²) < 4.78 is 4.97. The molecule has 0 aliphatic rings. The number of benzene rings is 1. The number of rotatable bonds is 5. The van der Waals surface area contributed by atoms with Crippen LogP contribution in [0.15, 0.2) is 36.4 Å². The van der Waals surface area contributed by atoms with Gasteiger partial charge in [0.2, 0.25) is 11.7 Å². The summed E-state index contributed by atoms with van der Waals surface area (Å²) in [4.78, 5) is 14.5. The quantitative estimate of drug-likeness (QED) is 0.676. The summed E-state index contributed by atoms with van der Waals surface area (Å²) in [6, 6.07) is 10.0. The summed E-state index contributed by atoms with van der Waals surface area (Å²) in [5.74, 6) is 0.471. The van der Waals surface area contributed by atoms with E-state index in [9.17, 15) is 10.1 Å². The highest BCUT2D eigenvalue weighted by Crippen LogP contribution is 2.25. The summed E-state index contributed by atoms with van der Waals surface area (Å²) in [6.45, 7) is 0.377. The molecule has 7 heteroatoms. The predicted molar refractivity (Wildman–Crippen MR) is 76.2 cm³/mol. The highest BCUT2D eigenvalue weighted by Gasteiger charge is 2.16. The molecule has 0 saturated carbocycles. The minimum absolute atomic E-state index is 0.104. The van der Waals surface area contributed by atoms with Crippen LogP contribution in [0.3, 0.4) is 0 Å². The molecular weight excluding hydrogens is 282 g/mol. The molecule has 1 N–H and O–H groups in total. The topological polar surface area (TPSA) is 77.3 Å². The van der Waals surface area contributed by atoms with Crippen LogP contribution in [-0.4, -0.2) is 17.0 Å². The van der Waals surface area contributed by atoms with Crippen LogP contribution in [0.2, 0.25) is 5.02 Å². The number of pyridine rings is 1. The van der Waals surface area contributed by atoms with Crippen molar-refractivity contribution in [3.05, 3.63) is 57.1 Å². The van der Waals surface area contributed by atoms with Crippen LogP contribution in [-0.2, 0) is 6.54 Å². The van der Waals surface area contributed by atoms with Gasteiger partial charge in [-0.25, -0.2) is 0 Å². The Labute approximate surface area is 120 Å². The first kappa shape index (κ1) is 14.1. The molecule has 0 radical (unpaired) electrons. The van der Waals surface area contributed by atoms with Gasteiger partial charge in [0.25, 0.3) is 0 Å². The van der Waals surface area contributed by atoms with Crippen molar-refractivity contribution in [2.45, 2.75) is 6.54 Å². The van der Waals surface area contributed by atoms with E-state index in [-0.39, 0.29) is 11.5 Å². The molecule has 0 fully saturated rings. The summed E-state index contributed by atoms with van der Waals surface area (Å²) in [7, 11) is 1.45. The van der Waals surface area contributed by atoms with Gasteiger partial charge in [0.05, 0.1) is 12.0 Å². The molecule has 104 valence electrons. The monoisotopic (exact) mass is 293 g/mol. The van der Waals surface area contributed by atoms with Gasteiger partial charge >= 0.3 is 5.69 Å². The smallest absolute Gasteiger partial charge is 0.311 e. The van der Waals surface area contributed by atoms with Crippen molar-refractivity contribution in [3.63, 3.8) is 0 Å². The number of nitrogens with one attached hydrogen (secondary N) is 1. The largest absolute Gasteiger partial charge is 0.481 e. The van der Waals surface area contributed by atoms with E-state index >= 15 is 0 Å². The Kier molecular flexibility index (Phi) is 4.37. The third-order valence-electron chi connectivity index (χ3n) is 2.60. The number of anilines is 1. The van der Waals surface area contributed by atoms with Crippen molar-refractivity contribution < 1.29 is 9.66 Å². The fraction of sp³-hybridized carbons (Fsp3) is 0.154. The van der Waals surface area contributed by atoms with Gasteiger partial charge in [0.1, 0.15) is 0 Å². The lowest BCUT2D eigenvalue weighted by Gasteiger charge is -2.08. The number of aromatic nitrogens is 1. The summed E-state index contributed by atoms with van der Waals surface area (Å²) in [6.07, 6.45) is 0. The second-order valence-electron chi connectivity index (χ2n) is 3.96. The second kappa shape index (κ2) is 6.21. The SMILES string of the molecule is COc1ccc([N+](=O)[O-])c(NCc2cccc(Cl)c2)n1. The molecule has 0 saturated heterocycles. The Bertz CT molecular complexity index is 634. The Morgan fingerprint density at radius 3 is 2.85 bits per heavy atom. The van der Waals surface area contributed by atoms with Crippen LogP contribution < -0.4 is 10.1 Å². The predicted octanol–water partition coefficient (Wildman–Crippen LogP) is 3.26. The number of halogens is 1. The number of nitrogens with zero attached hydrogens (tertiary/aromatic N) is 2. The first-order chi connectivity index (χ1) is 9.60. The molecule has 0 atom stereocenters. The summed E-state index contributed by atoms with van der Waals surface area (Å²) in [5.41, 5.74) is 0.796. The maximum absolute atomic E-state index is 11.0. The van der Waals surface area contributed by atoms with Crippen LogP contribution in [0.25, 0.3) is 0 Å². The van der Waals surface area contributed by atoms with E-state index < -0.39 is 4.92 Å². The number of hydrogen-bond donors (Lipinski definition) is 1. The van der Waals surface area contributed by atoms with E-state index in [1.165, 1.54) is 19.2 Å². The van der Waals surface area contributed by atoms with E-state index in [1.54, 1.807) is 12.1 Å². The van der Waals surface area contributed by atoms with Crippen LogP contribution in [0.4, 0.5) is 11.5 Å². The van der Waals surface area contributed by atoms with Gasteiger partial charge in [-0.2, -0.15) is 4.98 Å². The van der Waals surface area contributed by atoms with E-state index in [2.05, 4.69) is 10.3 Å². The number of hydrogen-bond acceptors (Lipinski definition) is 5. The van der Waals surface area contributed by atoms with Crippen molar-refractivity contribution in [2.75, 3.05) is 12.4 Å². The second-order valence-corrected chi connectivity index (χ2v) is 4.40. The zero-order valence-electron chi connectivity index (χ0n) is 10.7. The minimum Gasteiger partial charge on any atom is -0.481 e. The average Bonchev–Trinajstić information content (AvgIpc) is 2.44. The van der Waals surface area contributed by atoms with Gasteiger partial charge in [-0.05, 0) is 17.7 Å². The molecule has 0 amide bonds. The first-order valence-electron chi connectivity index (χ1n) is 5.78. The van der Waals surface area contributed by atoms with E-state index in [0.717, 1.165) is 5.56 Å². The standard InChI is InChI=1S/C13H12ClN3O3/c1-20-12-6-5-11(17(18)19)13(16-12)15-8-9-3-2-4-10(14)7-9/h2-7H,8H2,1H3,(H,15,16). The summed E-state index contributed by atoms with van der Waals surface area (Å²) in [5, 5.41) is 14.5. The van der Waals surface area contributed by atoms with Crippen molar-refractivity contribution in [1.29, 1.82) is 0 Å². The molecule has 0 aliphatic carbocycles. The lowest BCUT2D eigenvalue weighted by molar-refractivity contribution is -0.384. The van der Waals surface area contributed by atoms with Crippen LogP contribution in [0.5, 0.6) is 5.88 Å². The van der Waals surface area contributed by atoms with Gasteiger partial charge in [0, 0.05) is 23.7 Å². The van der Waals surface area contributed by atoms with E-state index in [1.807, 2.05) is 12.1 Å². The molecule has 1 heterocycles.